The highest BCUT2D eigenvalue weighted by molar-refractivity contribution is 5.88. The first kappa shape index (κ1) is 24.9. The minimum Gasteiger partial charge on any atom is -0.392 e. The van der Waals surface area contributed by atoms with Crippen LogP contribution in [0.3, 0.4) is 0 Å². The predicted molar refractivity (Wildman–Crippen MR) is 134 cm³/mol. The molecule has 1 fully saturated rings. The van der Waals surface area contributed by atoms with E-state index in [2.05, 4.69) is 41.7 Å². The van der Waals surface area contributed by atoms with E-state index < -0.39 is 0 Å². The van der Waals surface area contributed by atoms with Crippen LogP contribution in [0.15, 0.2) is 35.3 Å². The molecule has 0 aliphatic carbocycles. The summed E-state index contributed by atoms with van der Waals surface area (Å²) >= 11 is 0. The van der Waals surface area contributed by atoms with E-state index in [1.54, 1.807) is 34.6 Å². The van der Waals surface area contributed by atoms with E-state index in [4.69, 9.17) is 5.26 Å². The summed E-state index contributed by atoms with van der Waals surface area (Å²) in [6, 6.07) is 8.72. The van der Waals surface area contributed by atoms with E-state index in [1.165, 1.54) is 12.1 Å². The number of rotatable bonds is 7. The number of halogens is 1. The van der Waals surface area contributed by atoms with Gasteiger partial charge in [-0.15, -0.1) is 0 Å². The maximum absolute atomic E-state index is 13.8. The van der Waals surface area contributed by atoms with Gasteiger partial charge in [-0.1, -0.05) is 19.9 Å². The van der Waals surface area contributed by atoms with Gasteiger partial charge in [0, 0.05) is 44.3 Å². The lowest BCUT2D eigenvalue weighted by Gasteiger charge is -2.49. The van der Waals surface area contributed by atoms with Gasteiger partial charge >= 0.3 is 0 Å². The molecule has 186 valence electrons. The van der Waals surface area contributed by atoms with Crippen molar-refractivity contribution in [2.24, 2.45) is 7.05 Å². The Morgan fingerprint density at radius 1 is 1.23 bits per heavy atom. The van der Waals surface area contributed by atoms with Crippen LogP contribution in [0.25, 0.3) is 11.0 Å². The van der Waals surface area contributed by atoms with Crippen LogP contribution in [-0.2, 0) is 20.2 Å². The van der Waals surface area contributed by atoms with Crippen molar-refractivity contribution in [1.29, 1.82) is 5.26 Å². The molecule has 1 aliphatic heterocycles. The van der Waals surface area contributed by atoms with Crippen molar-refractivity contribution in [2.45, 2.75) is 64.9 Å². The zero-order valence-electron chi connectivity index (χ0n) is 20.8. The van der Waals surface area contributed by atoms with E-state index >= 15 is 0 Å². The number of nitriles is 1. The van der Waals surface area contributed by atoms with Crippen molar-refractivity contribution < 1.29 is 9.50 Å². The number of pyridine rings is 1. The van der Waals surface area contributed by atoms with Crippen LogP contribution in [0.5, 0.6) is 0 Å². The molecule has 1 aliphatic rings. The van der Waals surface area contributed by atoms with Gasteiger partial charge in [-0.3, -0.25) is 14.4 Å². The van der Waals surface area contributed by atoms with Crippen molar-refractivity contribution in [2.75, 3.05) is 18.0 Å². The topological polar surface area (TPSA) is 90.3 Å². The maximum Gasteiger partial charge on any atom is 0.252 e. The summed E-state index contributed by atoms with van der Waals surface area (Å²) in [6.45, 7) is 7.77. The molecule has 2 aromatic heterocycles. The lowest BCUT2D eigenvalue weighted by atomic mass is 9.94. The number of nitrogens with zero attached hydrogens (tertiary/aromatic N) is 6. The lowest BCUT2D eigenvalue weighted by molar-refractivity contribution is 0.0999. The predicted octanol–water partition coefficient (Wildman–Crippen LogP) is 3.33. The van der Waals surface area contributed by atoms with E-state index in [1.807, 2.05) is 0 Å². The number of aliphatic hydroxyl groups is 1. The molecule has 4 rings (SSSR count). The summed E-state index contributed by atoms with van der Waals surface area (Å²) in [6.07, 6.45) is 3.51. The van der Waals surface area contributed by atoms with Crippen LogP contribution in [-0.4, -0.2) is 49.5 Å². The SMILES string of the molecule is CC[C@H]1CN(C(C)c2ccc(F)cc2CO)[C@H](CC)CN1c1cc(=O)n(C)c2cn(CC#N)nc12. The van der Waals surface area contributed by atoms with Crippen LogP contribution < -0.4 is 10.5 Å². The Morgan fingerprint density at radius 3 is 2.63 bits per heavy atom. The summed E-state index contributed by atoms with van der Waals surface area (Å²) in [5, 5.41) is 23.6. The Hall–Kier alpha value is -3.22. The fraction of sp³-hybridized carbons (Fsp3) is 0.500. The zero-order chi connectivity index (χ0) is 25.3. The molecule has 0 bridgehead atoms. The number of hydrogen-bond donors (Lipinski definition) is 1. The van der Waals surface area contributed by atoms with Gasteiger partial charge in [0.05, 0.1) is 30.1 Å². The summed E-state index contributed by atoms with van der Waals surface area (Å²) in [7, 11) is 1.72. The van der Waals surface area contributed by atoms with Gasteiger partial charge in [0.2, 0.25) is 0 Å². The van der Waals surface area contributed by atoms with Gasteiger partial charge in [0.25, 0.3) is 5.56 Å². The van der Waals surface area contributed by atoms with Gasteiger partial charge in [0.1, 0.15) is 17.9 Å². The number of aromatic nitrogens is 3. The first-order chi connectivity index (χ1) is 16.8. The number of hydrogen-bond acceptors (Lipinski definition) is 6. The van der Waals surface area contributed by atoms with Crippen LogP contribution in [0.2, 0.25) is 0 Å². The van der Waals surface area contributed by atoms with E-state index in [9.17, 15) is 14.3 Å². The number of benzene rings is 1. The van der Waals surface area contributed by atoms with E-state index in [0.717, 1.165) is 36.2 Å². The quantitative estimate of drug-likeness (QED) is 0.558. The van der Waals surface area contributed by atoms with Crippen molar-refractivity contribution in [1.82, 2.24) is 19.2 Å². The monoisotopic (exact) mass is 480 g/mol. The molecule has 0 amide bonds. The molecule has 1 N–H and O–H groups in total. The Balaban J connectivity index is 1.73. The zero-order valence-corrected chi connectivity index (χ0v) is 20.8. The van der Waals surface area contributed by atoms with Gasteiger partial charge < -0.3 is 14.6 Å². The van der Waals surface area contributed by atoms with Crippen molar-refractivity contribution in [3.63, 3.8) is 0 Å². The number of anilines is 1. The third-order valence-corrected chi connectivity index (χ3v) is 7.38. The molecular weight excluding hydrogens is 447 g/mol. The minimum atomic E-state index is -0.348. The second-order valence-electron chi connectivity index (χ2n) is 9.30. The molecule has 1 saturated heterocycles. The minimum absolute atomic E-state index is 0.00241. The Kier molecular flexibility index (Phi) is 7.24. The number of piperazine rings is 1. The average molecular weight is 481 g/mol. The molecule has 1 aromatic carbocycles. The number of aryl methyl sites for hydroxylation is 1. The van der Waals surface area contributed by atoms with E-state index in [-0.39, 0.29) is 42.7 Å². The third kappa shape index (κ3) is 4.56. The maximum atomic E-state index is 13.8. The van der Waals surface area contributed by atoms with E-state index in [0.29, 0.717) is 17.6 Å². The largest absolute Gasteiger partial charge is 0.392 e. The molecule has 3 atom stereocenters. The Labute approximate surface area is 204 Å². The molecule has 1 unspecified atom stereocenters. The summed E-state index contributed by atoms with van der Waals surface area (Å²) in [4.78, 5) is 17.6. The number of aliphatic hydroxyl groups excluding tert-OH is 1. The van der Waals surface area contributed by atoms with Gasteiger partial charge in [-0.05, 0) is 43.0 Å². The van der Waals surface area contributed by atoms with Crippen LogP contribution in [0.4, 0.5) is 10.1 Å². The fourth-order valence-corrected chi connectivity index (χ4v) is 5.36. The number of fused-ring (bicyclic) bond motifs is 1. The van der Waals surface area contributed by atoms with Crippen molar-refractivity contribution >= 4 is 16.7 Å². The normalized spacial score (nSPS) is 19.7. The van der Waals surface area contributed by atoms with Gasteiger partial charge in [-0.2, -0.15) is 10.4 Å². The van der Waals surface area contributed by atoms with Gasteiger partial charge in [-0.25, -0.2) is 4.39 Å². The van der Waals surface area contributed by atoms with Crippen LogP contribution in [0, 0.1) is 17.1 Å². The van der Waals surface area contributed by atoms with Gasteiger partial charge in [0.15, 0.2) is 0 Å². The second-order valence-corrected chi connectivity index (χ2v) is 9.30. The molecule has 9 heteroatoms. The van der Waals surface area contributed by atoms with Crippen molar-refractivity contribution in [3.05, 3.63) is 57.8 Å². The molecule has 3 heterocycles. The highest BCUT2D eigenvalue weighted by atomic mass is 19.1. The highest BCUT2D eigenvalue weighted by Crippen LogP contribution is 2.35. The smallest absolute Gasteiger partial charge is 0.252 e. The average Bonchev–Trinajstić information content (AvgIpc) is 3.29. The lowest BCUT2D eigenvalue weighted by Crippen LogP contribution is -2.59. The third-order valence-electron chi connectivity index (χ3n) is 7.38. The first-order valence-corrected chi connectivity index (χ1v) is 12.2. The van der Waals surface area contributed by atoms with Crippen LogP contribution >= 0.6 is 0 Å². The molecule has 3 aromatic rings. The molecule has 8 nitrogen and oxygen atoms in total. The highest BCUT2D eigenvalue weighted by Gasteiger charge is 2.36. The fourth-order valence-electron chi connectivity index (χ4n) is 5.36. The molecule has 0 radical (unpaired) electrons. The van der Waals surface area contributed by atoms with Crippen molar-refractivity contribution in [3.8, 4) is 6.07 Å². The molecule has 0 saturated carbocycles. The second kappa shape index (κ2) is 10.2. The van der Waals surface area contributed by atoms with Crippen LogP contribution in [0.1, 0.15) is 50.8 Å². The molecule has 0 spiro atoms. The summed E-state index contributed by atoms with van der Waals surface area (Å²) in [5.41, 5.74) is 3.66. The standard InChI is InChI=1S/C26H33FN6O2/c1-5-20-14-33(23-12-25(35)30(4)24-15-31(10-9-28)29-26(23)24)21(6-2)13-32(20)17(3)22-8-7-19(27)11-18(22)16-34/h7-8,11-12,15,17,20-21,34H,5-6,10,13-14,16H2,1-4H3/t17?,20-,21+/m1/s1. The summed E-state index contributed by atoms with van der Waals surface area (Å²) < 4.78 is 16.9. The first-order valence-electron chi connectivity index (χ1n) is 12.2. The summed E-state index contributed by atoms with van der Waals surface area (Å²) in [5.74, 6) is -0.348. The molecule has 35 heavy (non-hydrogen) atoms. The Bertz CT molecular complexity index is 1310. The molecular formula is C26H33FN6O2. The Morgan fingerprint density at radius 2 is 1.97 bits per heavy atom.